The topological polar surface area (TPSA) is 233 Å². The molecule has 3 rings (SSSR count). The molecule has 0 heterocycles. The zero-order valence-corrected chi connectivity index (χ0v) is 32.1. The van der Waals surface area contributed by atoms with Crippen molar-refractivity contribution in [3.63, 3.8) is 0 Å². The van der Waals surface area contributed by atoms with E-state index < -0.39 is 78.0 Å². The molecule has 1 fully saturated rings. The summed E-state index contributed by atoms with van der Waals surface area (Å²) in [6.45, 7) is 8.00. The number of nitrogens with one attached hydrogen (secondary N) is 3. The molecule has 0 saturated heterocycles. The third kappa shape index (κ3) is 15.4. The Kier molecular flexibility index (Phi) is 17.2. The number of aliphatic hydroxyl groups excluding tert-OH is 2. The van der Waals surface area contributed by atoms with Crippen LogP contribution in [-0.2, 0) is 23.9 Å². The highest BCUT2D eigenvalue weighted by molar-refractivity contribution is 5.98. The second-order valence-corrected chi connectivity index (χ2v) is 14.8. The van der Waals surface area contributed by atoms with Crippen LogP contribution in [0.5, 0.6) is 17.2 Å². The molecule has 0 bridgehead atoms. The number of carbonyl (C=O) groups is 4. The van der Waals surface area contributed by atoms with Gasteiger partial charge in [-0.05, 0) is 88.1 Å². The highest BCUT2D eigenvalue weighted by Crippen LogP contribution is 2.32. The maximum Gasteiger partial charge on any atom is 0.407 e. The first-order chi connectivity index (χ1) is 26.0. The summed E-state index contributed by atoms with van der Waals surface area (Å²) in [6.07, 6.45) is 2.57. The van der Waals surface area contributed by atoms with Gasteiger partial charge in [0.05, 0.1) is 12.7 Å². The minimum Gasteiger partial charge on any atom is -0.504 e. The molecule has 1 aliphatic carbocycles. The SMILES string of the molecule is CCCCCCCCOc1ccc(NC(=O)C(CCCNC(=O)OC(C)(C)C)NC(=O)[C@]2(O)C[C@@H](O)C(O)[C@H](OC(=O)/C=C/c3ccc(O)c(O)c3)C2)cc1. The lowest BCUT2D eigenvalue weighted by Gasteiger charge is -2.41. The fourth-order valence-electron chi connectivity index (χ4n) is 5.85. The van der Waals surface area contributed by atoms with Crippen molar-refractivity contribution in [3.05, 3.63) is 54.1 Å². The number of ether oxygens (including phenoxy) is 3. The zero-order valence-electron chi connectivity index (χ0n) is 32.1. The van der Waals surface area contributed by atoms with Crippen LogP contribution in [0.25, 0.3) is 6.08 Å². The summed E-state index contributed by atoms with van der Waals surface area (Å²) in [7, 11) is 0. The Hall–Kier alpha value is -4.86. The van der Waals surface area contributed by atoms with Crippen molar-refractivity contribution in [2.75, 3.05) is 18.5 Å². The Morgan fingerprint density at radius 1 is 0.927 bits per heavy atom. The Morgan fingerprint density at radius 2 is 1.62 bits per heavy atom. The molecule has 1 aliphatic rings. The van der Waals surface area contributed by atoms with Gasteiger partial charge >= 0.3 is 12.1 Å². The smallest absolute Gasteiger partial charge is 0.407 e. The van der Waals surface area contributed by atoms with Crippen LogP contribution >= 0.6 is 0 Å². The molecule has 2 unspecified atom stereocenters. The van der Waals surface area contributed by atoms with Gasteiger partial charge < -0.3 is 55.7 Å². The minimum absolute atomic E-state index is 0.0180. The Labute approximate surface area is 322 Å². The molecule has 2 aromatic carbocycles. The molecule has 0 radical (unpaired) electrons. The second-order valence-electron chi connectivity index (χ2n) is 14.8. The summed E-state index contributed by atoms with van der Waals surface area (Å²) in [5, 5.41) is 59.7. The second kappa shape index (κ2) is 21.3. The molecule has 15 heteroatoms. The van der Waals surface area contributed by atoms with E-state index in [0.29, 0.717) is 23.6 Å². The fraction of sp³-hybridized carbons (Fsp3) is 0.550. The number of phenolic OH excluding ortho intramolecular Hbond substituents is 2. The molecule has 0 spiro atoms. The molecule has 8 N–H and O–H groups in total. The number of esters is 1. The van der Waals surface area contributed by atoms with Crippen molar-refractivity contribution < 1.29 is 58.9 Å². The normalized spacial score (nSPS) is 20.3. The first-order valence-corrected chi connectivity index (χ1v) is 18.8. The molecule has 0 aliphatic heterocycles. The highest BCUT2D eigenvalue weighted by atomic mass is 16.6. The van der Waals surface area contributed by atoms with E-state index in [1.807, 2.05) is 0 Å². The number of hydrogen-bond acceptors (Lipinski definition) is 12. The maximum atomic E-state index is 13.6. The number of rotatable bonds is 19. The Morgan fingerprint density at radius 3 is 2.29 bits per heavy atom. The lowest BCUT2D eigenvalue weighted by molar-refractivity contribution is -0.187. The van der Waals surface area contributed by atoms with Crippen molar-refractivity contribution in [1.29, 1.82) is 0 Å². The average molecular weight is 772 g/mol. The van der Waals surface area contributed by atoms with Crippen molar-refractivity contribution in [1.82, 2.24) is 10.6 Å². The van der Waals surface area contributed by atoms with Gasteiger partial charge in [-0.1, -0.05) is 45.1 Å². The van der Waals surface area contributed by atoms with Crippen LogP contribution in [0.1, 0.15) is 97.5 Å². The summed E-state index contributed by atoms with van der Waals surface area (Å²) in [5.74, 6) is -2.79. The third-order valence-electron chi connectivity index (χ3n) is 8.81. The lowest BCUT2D eigenvalue weighted by Crippen LogP contribution is -2.61. The first kappa shape index (κ1) is 44.5. The number of carbonyl (C=O) groups excluding carboxylic acids is 4. The number of anilines is 1. The Balaban J connectivity index is 1.66. The van der Waals surface area contributed by atoms with Crippen molar-refractivity contribution in [3.8, 4) is 17.2 Å². The molecular formula is C40H57N3O12. The quantitative estimate of drug-likeness (QED) is 0.0429. The van der Waals surface area contributed by atoms with Gasteiger partial charge in [0.15, 0.2) is 11.5 Å². The van der Waals surface area contributed by atoms with E-state index in [1.54, 1.807) is 45.0 Å². The lowest BCUT2D eigenvalue weighted by atomic mass is 9.78. The van der Waals surface area contributed by atoms with E-state index in [2.05, 4.69) is 22.9 Å². The fourth-order valence-corrected chi connectivity index (χ4v) is 5.85. The summed E-state index contributed by atoms with van der Waals surface area (Å²) >= 11 is 0. The van der Waals surface area contributed by atoms with E-state index in [-0.39, 0.29) is 25.1 Å². The van der Waals surface area contributed by atoms with Gasteiger partial charge in [0.1, 0.15) is 35.2 Å². The van der Waals surface area contributed by atoms with Crippen LogP contribution in [0.2, 0.25) is 0 Å². The van der Waals surface area contributed by atoms with Gasteiger partial charge in [0.25, 0.3) is 5.91 Å². The molecular weight excluding hydrogens is 714 g/mol. The molecule has 55 heavy (non-hydrogen) atoms. The summed E-state index contributed by atoms with van der Waals surface area (Å²) < 4.78 is 16.4. The molecule has 1 saturated carbocycles. The van der Waals surface area contributed by atoms with Gasteiger partial charge in [-0.3, -0.25) is 9.59 Å². The summed E-state index contributed by atoms with van der Waals surface area (Å²) in [5.41, 5.74) is -2.33. The number of aromatic hydroxyl groups is 2. The zero-order chi connectivity index (χ0) is 40.6. The first-order valence-electron chi connectivity index (χ1n) is 18.8. The molecule has 15 nitrogen and oxygen atoms in total. The van der Waals surface area contributed by atoms with E-state index in [0.717, 1.165) is 18.9 Å². The van der Waals surface area contributed by atoms with Gasteiger partial charge in [-0.15, -0.1) is 0 Å². The highest BCUT2D eigenvalue weighted by Gasteiger charge is 2.50. The number of phenols is 2. The monoisotopic (exact) mass is 771 g/mol. The predicted molar refractivity (Wildman–Crippen MR) is 204 cm³/mol. The number of amides is 3. The third-order valence-corrected chi connectivity index (χ3v) is 8.81. The van der Waals surface area contributed by atoms with E-state index in [4.69, 9.17) is 14.2 Å². The molecule has 2 aromatic rings. The van der Waals surface area contributed by atoms with Crippen molar-refractivity contribution in [2.24, 2.45) is 0 Å². The average Bonchev–Trinajstić information content (AvgIpc) is 3.11. The van der Waals surface area contributed by atoms with E-state index in [9.17, 15) is 44.7 Å². The van der Waals surface area contributed by atoms with Gasteiger partial charge in [-0.2, -0.15) is 0 Å². The van der Waals surface area contributed by atoms with Gasteiger partial charge in [0.2, 0.25) is 5.91 Å². The summed E-state index contributed by atoms with van der Waals surface area (Å²) in [6, 6.07) is 9.35. The molecule has 3 amide bonds. The van der Waals surface area contributed by atoms with Crippen LogP contribution in [0.4, 0.5) is 10.5 Å². The van der Waals surface area contributed by atoms with E-state index in [1.165, 1.54) is 50.0 Å². The number of benzene rings is 2. The van der Waals surface area contributed by atoms with Crippen molar-refractivity contribution >= 4 is 35.6 Å². The number of hydrogen-bond donors (Lipinski definition) is 8. The van der Waals surface area contributed by atoms with Crippen LogP contribution in [0.15, 0.2) is 48.5 Å². The van der Waals surface area contributed by atoms with Crippen LogP contribution in [0, 0.1) is 0 Å². The number of alkyl carbamates (subject to hydrolysis) is 1. The van der Waals surface area contributed by atoms with Crippen LogP contribution in [-0.4, -0.2) is 98.1 Å². The van der Waals surface area contributed by atoms with Crippen LogP contribution in [0.3, 0.4) is 0 Å². The minimum atomic E-state index is -2.36. The number of aliphatic hydroxyl groups is 3. The maximum absolute atomic E-state index is 13.6. The molecule has 5 atom stereocenters. The molecule has 304 valence electrons. The predicted octanol–water partition coefficient (Wildman–Crippen LogP) is 4.44. The Bertz CT molecular complexity index is 1590. The summed E-state index contributed by atoms with van der Waals surface area (Å²) in [4.78, 5) is 52.0. The largest absolute Gasteiger partial charge is 0.504 e. The van der Waals surface area contributed by atoms with Gasteiger partial charge in [-0.25, -0.2) is 9.59 Å². The van der Waals surface area contributed by atoms with Crippen LogP contribution < -0.4 is 20.7 Å². The standard InChI is InChI=1S/C40H57N3O12/c1-5-6-7-8-9-10-22-53-28-17-15-27(16-18-28)42-36(49)29(12-11-21-41-38(51)55-39(2,3)4)43-37(50)40(52)24-32(46)35(48)33(25-40)54-34(47)20-14-26-13-19-30(44)31(45)23-26/h13-20,23,29,32-33,35,44-46,48,52H,5-12,21-22,24-25H2,1-4H3,(H,41,51)(H,42,49)(H,43,50)/b20-14+/t29?,32-,33-,35?,40+/m1/s1. The van der Waals surface area contributed by atoms with Gasteiger partial charge in [0, 0.05) is 31.1 Å². The number of unbranched alkanes of at least 4 members (excludes halogenated alkanes) is 5. The van der Waals surface area contributed by atoms with E-state index >= 15 is 0 Å². The van der Waals surface area contributed by atoms with Crippen molar-refractivity contribution in [2.45, 2.75) is 127 Å². The molecule has 0 aromatic heterocycles.